The van der Waals surface area contributed by atoms with Crippen molar-refractivity contribution in [3.63, 3.8) is 0 Å². The lowest BCUT2D eigenvalue weighted by Crippen LogP contribution is -2.40. The van der Waals surface area contributed by atoms with Crippen LogP contribution in [0.25, 0.3) is 0 Å². The fourth-order valence-corrected chi connectivity index (χ4v) is 2.66. The van der Waals surface area contributed by atoms with E-state index in [4.69, 9.17) is 9.47 Å². The fourth-order valence-electron chi connectivity index (χ4n) is 2.66. The maximum atomic E-state index is 12.8. The van der Waals surface area contributed by atoms with E-state index in [1.165, 1.54) is 6.21 Å². The maximum absolute atomic E-state index is 12.8. The Balaban J connectivity index is 1.82. The van der Waals surface area contributed by atoms with Gasteiger partial charge in [-0.25, -0.2) is 4.79 Å². The molecule has 7 nitrogen and oxygen atoms in total. The van der Waals surface area contributed by atoms with Crippen LogP contribution >= 0.6 is 0 Å². The number of nitrogens with one attached hydrogen (secondary N) is 1. The second kappa shape index (κ2) is 6.87. The van der Waals surface area contributed by atoms with E-state index in [1.807, 2.05) is 0 Å². The van der Waals surface area contributed by atoms with Crippen LogP contribution < -0.4 is 14.8 Å². The predicted molar refractivity (Wildman–Crippen MR) is 96.3 cm³/mol. The Morgan fingerprint density at radius 3 is 2.04 bits per heavy atom. The Morgan fingerprint density at radius 2 is 1.50 bits per heavy atom. The first-order valence-corrected chi connectivity index (χ1v) is 7.97. The molecule has 1 heterocycles. The molecule has 1 saturated heterocycles. The van der Waals surface area contributed by atoms with Crippen LogP contribution in [0.1, 0.15) is 18.1 Å². The van der Waals surface area contributed by atoms with Gasteiger partial charge in [-0.2, -0.15) is 5.10 Å². The molecule has 0 radical (unpaired) electrons. The van der Waals surface area contributed by atoms with E-state index >= 15 is 0 Å². The zero-order chi connectivity index (χ0) is 18.7. The first-order chi connectivity index (χ1) is 12.5. The SMILES string of the molecule is COc1ccc(/C=N\N2C(=O)N[C@@](C)(c3ccc(OC)cc3)C2=O)cc1. The zero-order valence-electron chi connectivity index (χ0n) is 14.7. The average molecular weight is 353 g/mol. The van der Waals surface area contributed by atoms with Gasteiger partial charge in [-0.3, -0.25) is 4.79 Å². The van der Waals surface area contributed by atoms with Gasteiger partial charge in [-0.1, -0.05) is 12.1 Å². The van der Waals surface area contributed by atoms with Crippen molar-refractivity contribution in [2.45, 2.75) is 12.5 Å². The summed E-state index contributed by atoms with van der Waals surface area (Å²) in [6, 6.07) is 13.5. The van der Waals surface area contributed by atoms with Gasteiger partial charge in [0.2, 0.25) is 0 Å². The summed E-state index contributed by atoms with van der Waals surface area (Å²) in [5, 5.41) is 7.59. The monoisotopic (exact) mass is 353 g/mol. The van der Waals surface area contributed by atoms with Crippen molar-refractivity contribution in [2.24, 2.45) is 5.10 Å². The Kier molecular flexibility index (Phi) is 4.62. The van der Waals surface area contributed by atoms with Crippen LogP contribution in [0.15, 0.2) is 53.6 Å². The number of methoxy groups -OCH3 is 2. The highest BCUT2D eigenvalue weighted by molar-refractivity contribution is 6.07. The van der Waals surface area contributed by atoms with Gasteiger partial charge < -0.3 is 14.8 Å². The standard InChI is InChI=1S/C19H19N3O4/c1-19(14-6-10-16(26-3)11-7-14)17(23)22(18(24)21-19)20-12-13-4-8-15(25-2)9-5-13/h4-12H,1-3H3,(H,21,24)/b20-12-/t19-/m0/s1. The van der Waals surface area contributed by atoms with Crippen LogP contribution in [0, 0.1) is 0 Å². The van der Waals surface area contributed by atoms with Crippen molar-refractivity contribution in [1.29, 1.82) is 0 Å². The van der Waals surface area contributed by atoms with E-state index in [2.05, 4.69) is 10.4 Å². The number of amides is 3. The van der Waals surface area contributed by atoms with Gasteiger partial charge in [-0.15, -0.1) is 5.01 Å². The van der Waals surface area contributed by atoms with Gasteiger partial charge in [0.1, 0.15) is 17.0 Å². The third-order valence-corrected chi connectivity index (χ3v) is 4.27. The van der Waals surface area contributed by atoms with Gasteiger partial charge in [0, 0.05) is 0 Å². The molecule has 1 aliphatic rings. The van der Waals surface area contributed by atoms with E-state index in [0.29, 0.717) is 17.1 Å². The Hall–Kier alpha value is -3.35. The van der Waals surface area contributed by atoms with E-state index in [9.17, 15) is 9.59 Å². The molecule has 0 aromatic heterocycles. The van der Waals surface area contributed by atoms with Gasteiger partial charge in [0.15, 0.2) is 0 Å². The molecule has 1 N–H and O–H groups in total. The number of urea groups is 1. The van der Waals surface area contributed by atoms with Gasteiger partial charge in [0.05, 0.1) is 20.4 Å². The number of ether oxygens (including phenoxy) is 2. The minimum Gasteiger partial charge on any atom is -0.497 e. The molecule has 2 aromatic rings. The Morgan fingerprint density at radius 1 is 0.962 bits per heavy atom. The molecule has 3 rings (SSSR count). The van der Waals surface area contributed by atoms with Crippen molar-refractivity contribution < 1.29 is 19.1 Å². The third kappa shape index (κ3) is 3.11. The van der Waals surface area contributed by atoms with Gasteiger partial charge >= 0.3 is 6.03 Å². The van der Waals surface area contributed by atoms with Crippen molar-refractivity contribution in [3.8, 4) is 11.5 Å². The van der Waals surface area contributed by atoms with Crippen LogP contribution in [0.4, 0.5) is 4.79 Å². The van der Waals surface area contributed by atoms with E-state index in [-0.39, 0.29) is 0 Å². The molecule has 1 fully saturated rings. The van der Waals surface area contributed by atoms with Crippen LogP contribution in [0.3, 0.4) is 0 Å². The number of hydrogen-bond acceptors (Lipinski definition) is 5. The summed E-state index contributed by atoms with van der Waals surface area (Å²) in [6.45, 7) is 1.65. The van der Waals surface area contributed by atoms with Crippen molar-refractivity contribution in [1.82, 2.24) is 10.3 Å². The zero-order valence-corrected chi connectivity index (χ0v) is 14.7. The third-order valence-electron chi connectivity index (χ3n) is 4.27. The summed E-state index contributed by atoms with van der Waals surface area (Å²) >= 11 is 0. The van der Waals surface area contributed by atoms with E-state index in [0.717, 1.165) is 10.6 Å². The molecule has 1 aliphatic heterocycles. The summed E-state index contributed by atoms with van der Waals surface area (Å²) in [4.78, 5) is 25.0. The number of hydrogen-bond donors (Lipinski definition) is 1. The predicted octanol–water partition coefficient (Wildman–Crippen LogP) is 2.50. The normalized spacial score (nSPS) is 19.7. The Labute approximate surface area is 151 Å². The molecule has 0 unspecified atom stereocenters. The summed E-state index contributed by atoms with van der Waals surface area (Å²) in [7, 11) is 3.14. The molecule has 0 spiro atoms. The summed E-state index contributed by atoms with van der Waals surface area (Å²) in [6.07, 6.45) is 1.46. The molecule has 2 aromatic carbocycles. The first kappa shape index (κ1) is 17.5. The highest BCUT2D eigenvalue weighted by atomic mass is 16.5. The van der Waals surface area contributed by atoms with Crippen LogP contribution in [0.2, 0.25) is 0 Å². The molecular weight excluding hydrogens is 334 g/mol. The van der Waals surface area contributed by atoms with Crippen molar-refractivity contribution >= 4 is 18.2 Å². The molecule has 7 heteroatoms. The minimum absolute atomic E-state index is 0.447. The lowest BCUT2D eigenvalue weighted by Gasteiger charge is -2.21. The molecule has 134 valence electrons. The second-order valence-electron chi connectivity index (χ2n) is 5.92. The molecule has 0 aliphatic carbocycles. The fraction of sp³-hybridized carbons (Fsp3) is 0.211. The topological polar surface area (TPSA) is 80.2 Å². The van der Waals surface area contributed by atoms with Gasteiger partial charge in [0.25, 0.3) is 5.91 Å². The highest BCUT2D eigenvalue weighted by Crippen LogP contribution is 2.30. The smallest absolute Gasteiger partial charge is 0.346 e. The molecule has 0 saturated carbocycles. The Bertz CT molecular complexity index is 846. The molecule has 1 atom stereocenters. The number of carbonyl (C=O) groups is 2. The summed E-state index contributed by atoms with van der Waals surface area (Å²) in [5.41, 5.74) is 0.212. The lowest BCUT2D eigenvalue weighted by atomic mass is 9.92. The highest BCUT2D eigenvalue weighted by Gasteiger charge is 2.49. The second-order valence-corrected chi connectivity index (χ2v) is 5.92. The van der Waals surface area contributed by atoms with Crippen LogP contribution in [0.5, 0.6) is 11.5 Å². The number of benzene rings is 2. The van der Waals surface area contributed by atoms with E-state index < -0.39 is 17.5 Å². The number of nitrogens with zero attached hydrogens (tertiary/aromatic N) is 2. The molecule has 0 bridgehead atoms. The molecule has 3 amide bonds. The largest absolute Gasteiger partial charge is 0.497 e. The van der Waals surface area contributed by atoms with Crippen LogP contribution in [-0.4, -0.2) is 37.4 Å². The number of imide groups is 1. The van der Waals surface area contributed by atoms with Crippen LogP contribution in [-0.2, 0) is 10.3 Å². The average Bonchev–Trinajstić information content (AvgIpc) is 2.90. The summed E-state index contributed by atoms with van der Waals surface area (Å²) in [5.74, 6) is 0.935. The summed E-state index contributed by atoms with van der Waals surface area (Å²) < 4.78 is 10.2. The quantitative estimate of drug-likeness (QED) is 0.662. The maximum Gasteiger partial charge on any atom is 0.346 e. The van der Waals surface area contributed by atoms with E-state index in [1.54, 1.807) is 69.7 Å². The number of hydrazone groups is 1. The van der Waals surface area contributed by atoms with Crippen molar-refractivity contribution in [3.05, 3.63) is 59.7 Å². The molecular formula is C19H19N3O4. The number of rotatable bonds is 5. The number of carbonyl (C=O) groups excluding carboxylic acids is 2. The van der Waals surface area contributed by atoms with Gasteiger partial charge in [-0.05, 0) is 54.4 Å². The van der Waals surface area contributed by atoms with Crippen molar-refractivity contribution in [2.75, 3.05) is 14.2 Å². The first-order valence-electron chi connectivity index (χ1n) is 7.97. The molecule has 26 heavy (non-hydrogen) atoms. The minimum atomic E-state index is -1.18. The lowest BCUT2D eigenvalue weighted by molar-refractivity contribution is -0.131.